The van der Waals surface area contributed by atoms with E-state index in [1.807, 2.05) is 0 Å². The summed E-state index contributed by atoms with van der Waals surface area (Å²) >= 11 is 0. The van der Waals surface area contributed by atoms with Gasteiger partial charge in [0.2, 0.25) is 17.7 Å². The molecule has 1 aliphatic carbocycles. The van der Waals surface area contributed by atoms with E-state index in [1.165, 1.54) is 0 Å². The number of carbonyl (C=O) groups is 3. The van der Waals surface area contributed by atoms with Crippen molar-refractivity contribution in [3.8, 4) is 0 Å². The molecule has 0 radical (unpaired) electrons. The molecule has 7 nitrogen and oxygen atoms in total. The molecule has 0 spiro atoms. The first-order chi connectivity index (χ1) is 10.1. The molecule has 3 rings (SSSR count). The van der Waals surface area contributed by atoms with Gasteiger partial charge < -0.3 is 10.1 Å². The van der Waals surface area contributed by atoms with E-state index in [9.17, 15) is 14.4 Å². The number of likely N-dealkylation sites (tertiary alicyclic amines) is 2. The molecule has 7 heteroatoms. The molecular weight excluding hydrogens is 274 g/mol. The number of nitrogens with zero attached hydrogens (tertiary/aromatic N) is 3. The van der Waals surface area contributed by atoms with E-state index in [-0.39, 0.29) is 30.2 Å². The highest BCUT2D eigenvalue weighted by atomic mass is 16.4. The Hall–Kier alpha value is -1.92. The fourth-order valence-electron chi connectivity index (χ4n) is 3.53. The topological polar surface area (TPSA) is 90.3 Å². The van der Waals surface area contributed by atoms with E-state index in [0.29, 0.717) is 38.1 Å². The van der Waals surface area contributed by atoms with Gasteiger partial charge in [-0.3, -0.25) is 19.3 Å². The maximum atomic E-state index is 12.4. The van der Waals surface area contributed by atoms with Gasteiger partial charge in [0.1, 0.15) is 6.54 Å². The zero-order valence-electron chi connectivity index (χ0n) is 11.8. The van der Waals surface area contributed by atoms with Gasteiger partial charge in [0, 0.05) is 19.5 Å². The number of amides is 3. The Morgan fingerprint density at radius 2 is 1.86 bits per heavy atom. The van der Waals surface area contributed by atoms with Crippen molar-refractivity contribution in [3.63, 3.8) is 0 Å². The summed E-state index contributed by atoms with van der Waals surface area (Å²) in [6, 6.07) is 0. The van der Waals surface area contributed by atoms with E-state index >= 15 is 0 Å². The zero-order chi connectivity index (χ0) is 15.0. The van der Waals surface area contributed by atoms with Crippen LogP contribution in [0.25, 0.3) is 0 Å². The SMILES string of the molecule is O=C(CN1C(=O)[C@@H]2CC/C(=N\O)C[C@H]2C1=O)N1CCCC1. The van der Waals surface area contributed by atoms with Gasteiger partial charge in [-0.15, -0.1) is 0 Å². The van der Waals surface area contributed by atoms with Crippen molar-refractivity contribution in [2.45, 2.75) is 32.1 Å². The van der Waals surface area contributed by atoms with Crippen LogP contribution >= 0.6 is 0 Å². The van der Waals surface area contributed by atoms with Crippen LogP contribution in [0.2, 0.25) is 0 Å². The Bertz CT molecular complexity index is 510. The largest absolute Gasteiger partial charge is 0.411 e. The van der Waals surface area contributed by atoms with Crippen LogP contribution in [0.5, 0.6) is 0 Å². The fourth-order valence-corrected chi connectivity index (χ4v) is 3.53. The lowest BCUT2D eigenvalue weighted by Gasteiger charge is -2.20. The van der Waals surface area contributed by atoms with Crippen molar-refractivity contribution in [1.29, 1.82) is 0 Å². The van der Waals surface area contributed by atoms with Gasteiger partial charge in [-0.05, 0) is 25.7 Å². The van der Waals surface area contributed by atoms with Gasteiger partial charge in [-0.25, -0.2) is 0 Å². The molecule has 1 N–H and O–H groups in total. The average molecular weight is 293 g/mol. The van der Waals surface area contributed by atoms with Crippen LogP contribution in [0, 0.1) is 11.8 Å². The third-order valence-corrected chi connectivity index (χ3v) is 4.75. The third kappa shape index (κ3) is 2.41. The molecule has 21 heavy (non-hydrogen) atoms. The van der Waals surface area contributed by atoms with Gasteiger partial charge in [0.05, 0.1) is 17.5 Å². The predicted octanol–water partition coefficient (Wildman–Crippen LogP) is 0.224. The molecular formula is C14H19N3O4. The summed E-state index contributed by atoms with van der Waals surface area (Å²) in [6.45, 7) is 1.28. The lowest BCUT2D eigenvalue weighted by Crippen LogP contribution is -2.42. The fraction of sp³-hybridized carbons (Fsp3) is 0.714. The van der Waals surface area contributed by atoms with Crippen molar-refractivity contribution >= 4 is 23.4 Å². The highest BCUT2D eigenvalue weighted by Crippen LogP contribution is 2.37. The quantitative estimate of drug-likeness (QED) is 0.448. The Kier molecular flexibility index (Phi) is 3.65. The average Bonchev–Trinajstić information content (AvgIpc) is 3.11. The summed E-state index contributed by atoms with van der Waals surface area (Å²) in [5, 5.41) is 12.0. The van der Waals surface area contributed by atoms with Gasteiger partial charge >= 0.3 is 0 Å². The number of fused-ring (bicyclic) bond motifs is 1. The van der Waals surface area contributed by atoms with E-state index in [2.05, 4.69) is 5.16 Å². The molecule has 2 atom stereocenters. The molecule has 114 valence electrons. The molecule has 2 heterocycles. The Morgan fingerprint density at radius 1 is 1.19 bits per heavy atom. The van der Waals surface area contributed by atoms with Crippen LogP contribution in [-0.2, 0) is 14.4 Å². The third-order valence-electron chi connectivity index (χ3n) is 4.75. The minimum atomic E-state index is -0.455. The van der Waals surface area contributed by atoms with Crippen LogP contribution in [-0.4, -0.2) is 58.1 Å². The summed E-state index contributed by atoms with van der Waals surface area (Å²) in [6.07, 6.45) is 3.33. The molecule has 2 saturated heterocycles. The number of carbonyl (C=O) groups excluding carboxylic acids is 3. The summed E-state index contributed by atoms with van der Waals surface area (Å²) in [5.74, 6) is -1.49. The van der Waals surface area contributed by atoms with Crippen molar-refractivity contribution in [3.05, 3.63) is 0 Å². The monoisotopic (exact) mass is 293 g/mol. The standard InChI is InChI=1S/C14H19N3O4/c18-12(16-5-1-2-6-16)8-17-13(19)10-4-3-9(15-21)7-11(10)14(17)20/h10-11,21H,1-8H2/b15-9+/t10-,11-/m1/s1. The molecule has 1 saturated carbocycles. The molecule has 3 fully saturated rings. The van der Waals surface area contributed by atoms with E-state index in [4.69, 9.17) is 5.21 Å². The first kappa shape index (κ1) is 14.0. The number of rotatable bonds is 2. The number of hydrogen-bond donors (Lipinski definition) is 1. The van der Waals surface area contributed by atoms with Crippen LogP contribution in [0.15, 0.2) is 5.16 Å². The minimum Gasteiger partial charge on any atom is -0.411 e. The van der Waals surface area contributed by atoms with Crippen molar-refractivity contribution in [2.75, 3.05) is 19.6 Å². The van der Waals surface area contributed by atoms with Gasteiger partial charge in [-0.2, -0.15) is 0 Å². The highest BCUT2D eigenvalue weighted by Gasteiger charge is 2.50. The van der Waals surface area contributed by atoms with Crippen LogP contribution < -0.4 is 0 Å². The predicted molar refractivity (Wildman–Crippen MR) is 72.6 cm³/mol. The smallest absolute Gasteiger partial charge is 0.242 e. The van der Waals surface area contributed by atoms with Crippen LogP contribution in [0.4, 0.5) is 0 Å². The van der Waals surface area contributed by atoms with Crippen molar-refractivity contribution < 1.29 is 19.6 Å². The molecule has 0 bridgehead atoms. The maximum absolute atomic E-state index is 12.4. The molecule has 2 aliphatic heterocycles. The van der Waals surface area contributed by atoms with Gasteiger partial charge in [-0.1, -0.05) is 5.16 Å². The number of hydrogen-bond acceptors (Lipinski definition) is 5. The van der Waals surface area contributed by atoms with Gasteiger partial charge in [0.15, 0.2) is 0 Å². The van der Waals surface area contributed by atoms with Crippen LogP contribution in [0.3, 0.4) is 0 Å². The highest BCUT2D eigenvalue weighted by molar-refractivity contribution is 6.09. The second-order valence-corrected chi connectivity index (χ2v) is 5.97. The van der Waals surface area contributed by atoms with Crippen LogP contribution in [0.1, 0.15) is 32.1 Å². The molecule has 0 aromatic rings. The molecule has 0 aromatic heterocycles. The minimum absolute atomic E-state index is 0.143. The lowest BCUT2D eigenvalue weighted by atomic mass is 9.80. The van der Waals surface area contributed by atoms with Crippen molar-refractivity contribution in [1.82, 2.24) is 9.80 Å². The zero-order valence-corrected chi connectivity index (χ0v) is 11.8. The molecule has 0 unspecified atom stereocenters. The van der Waals surface area contributed by atoms with Crippen molar-refractivity contribution in [2.24, 2.45) is 17.0 Å². The normalized spacial score (nSPS) is 31.1. The summed E-state index contributed by atoms with van der Waals surface area (Å²) in [4.78, 5) is 39.6. The summed E-state index contributed by atoms with van der Waals surface area (Å²) < 4.78 is 0. The number of oxime groups is 1. The Balaban J connectivity index is 1.70. The van der Waals surface area contributed by atoms with E-state index < -0.39 is 5.92 Å². The first-order valence-corrected chi connectivity index (χ1v) is 7.44. The Labute approximate surface area is 122 Å². The van der Waals surface area contributed by atoms with Gasteiger partial charge in [0.25, 0.3) is 0 Å². The second kappa shape index (κ2) is 5.46. The lowest BCUT2D eigenvalue weighted by molar-refractivity contribution is -0.146. The Morgan fingerprint density at radius 3 is 2.52 bits per heavy atom. The maximum Gasteiger partial charge on any atom is 0.242 e. The molecule has 3 aliphatic rings. The van der Waals surface area contributed by atoms with E-state index in [0.717, 1.165) is 17.7 Å². The summed E-state index contributed by atoms with van der Waals surface area (Å²) in [5.41, 5.74) is 0.560. The second-order valence-electron chi connectivity index (χ2n) is 5.97. The molecule has 0 aromatic carbocycles. The first-order valence-electron chi connectivity index (χ1n) is 7.44. The molecule has 3 amide bonds. The van der Waals surface area contributed by atoms with E-state index in [1.54, 1.807) is 4.90 Å². The number of imide groups is 1. The summed E-state index contributed by atoms with van der Waals surface area (Å²) in [7, 11) is 0.